The Hall–Kier alpha value is -3.06. The number of nitrogens with one attached hydrogen (secondary N) is 1. The van der Waals surface area contributed by atoms with Crippen molar-refractivity contribution in [2.75, 3.05) is 45.3 Å². The molecule has 1 saturated heterocycles. The van der Waals surface area contributed by atoms with Crippen LogP contribution in [-0.4, -0.2) is 56.7 Å². The Balaban J connectivity index is 1.54. The quantitative estimate of drug-likeness (QED) is 0.828. The van der Waals surface area contributed by atoms with E-state index in [4.69, 9.17) is 14.2 Å². The van der Waals surface area contributed by atoms with Crippen molar-refractivity contribution in [3.05, 3.63) is 53.6 Å². The van der Waals surface area contributed by atoms with E-state index in [9.17, 15) is 9.59 Å². The molecular formula is C21H24N2O5. The predicted octanol–water partition coefficient (Wildman–Crippen LogP) is 2.49. The fourth-order valence-electron chi connectivity index (χ4n) is 2.90. The van der Waals surface area contributed by atoms with Gasteiger partial charge in [0.05, 0.1) is 26.0 Å². The first kappa shape index (κ1) is 19.7. The van der Waals surface area contributed by atoms with Gasteiger partial charge in [-0.3, -0.25) is 9.59 Å². The second-order valence-corrected chi connectivity index (χ2v) is 6.47. The van der Waals surface area contributed by atoms with Gasteiger partial charge < -0.3 is 24.4 Å². The largest absolute Gasteiger partial charge is 0.495 e. The van der Waals surface area contributed by atoms with Crippen LogP contribution in [0.4, 0.5) is 5.69 Å². The van der Waals surface area contributed by atoms with Gasteiger partial charge in [-0.15, -0.1) is 0 Å². The summed E-state index contributed by atoms with van der Waals surface area (Å²) in [6, 6.07) is 12.3. The molecule has 0 spiro atoms. The zero-order chi connectivity index (χ0) is 19.9. The molecule has 1 heterocycles. The number of benzene rings is 2. The molecule has 0 aromatic heterocycles. The first-order valence-electron chi connectivity index (χ1n) is 9.11. The Morgan fingerprint density at radius 2 is 1.82 bits per heavy atom. The smallest absolute Gasteiger partial charge is 0.262 e. The lowest BCUT2D eigenvalue weighted by molar-refractivity contribution is -0.118. The summed E-state index contributed by atoms with van der Waals surface area (Å²) in [4.78, 5) is 26.4. The van der Waals surface area contributed by atoms with Crippen molar-refractivity contribution in [2.45, 2.75) is 6.92 Å². The third-order valence-corrected chi connectivity index (χ3v) is 4.40. The molecule has 0 radical (unpaired) electrons. The summed E-state index contributed by atoms with van der Waals surface area (Å²) in [6.07, 6.45) is 0. The van der Waals surface area contributed by atoms with Crippen LogP contribution < -0.4 is 14.8 Å². The van der Waals surface area contributed by atoms with Gasteiger partial charge in [-0.05, 0) is 48.9 Å². The Morgan fingerprint density at radius 1 is 1.11 bits per heavy atom. The summed E-state index contributed by atoms with van der Waals surface area (Å²) in [5.74, 6) is 0.784. The van der Waals surface area contributed by atoms with Gasteiger partial charge in [-0.1, -0.05) is 6.07 Å². The van der Waals surface area contributed by atoms with Crippen LogP contribution in [0.3, 0.4) is 0 Å². The topological polar surface area (TPSA) is 77.1 Å². The first-order chi connectivity index (χ1) is 13.6. The molecule has 0 unspecified atom stereocenters. The first-order valence-corrected chi connectivity index (χ1v) is 9.11. The van der Waals surface area contributed by atoms with Crippen LogP contribution in [0.15, 0.2) is 42.5 Å². The van der Waals surface area contributed by atoms with Gasteiger partial charge in [0.1, 0.15) is 11.5 Å². The maximum absolute atomic E-state index is 12.4. The minimum Gasteiger partial charge on any atom is -0.495 e. The van der Waals surface area contributed by atoms with E-state index in [0.29, 0.717) is 49.1 Å². The second kappa shape index (κ2) is 9.23. The van der Waals surface area contributed by atoms with Gasteiger partial charge in [0.15, 0.2) is 6.61 Å². The summed E-state index contributed by atoms with van der Waals surface area (Å²) in [5.41, 5.74) is 2.20. The summed E-state index contributed by atoms with van der Waals surface area (Å²) >= 11 is 0. The molecule has 0 aliphatic carbocycles. The average molecular weight is 384 g/mol. The summed E-state index contributed by atoms with van der Waals surface area (Å²) < 4.78 is 16.0. The maximum atomic E-state index is 12.4. The zero-order valence-electron chi connectivity index (χ0n) is 16.1. The highest BCUT2D eigenvalue weighted by atomic mass is 16.5. The molecule has 7 nitrogen and oxygen atoms in total. The van der Waals surface area contributed by atoms with E-state index < -0.39 is 0 Å². The van der Waals surface area contributed by atoms with Crippen molar-refractivity contribution in [3.63, 3.8) is 0 Å². The number of nitrogens with zero attached hydrogens (tertiary/aromatic N) is 1. The number of ether oxygens (including phenoxy) is 3. The Kier molecular flexibility index (Phi) is 6.49. The van der Waals surface area contributed by atoms with Gasteiger partial charge >= 0.3 is 0 Å². The molecule has 1 aliphatic heterocycles. The van der Waals surface area contributed by atoms with Crippen molar-refractivity contribution >= 4 is 17.5 Å². The lowest BCUT2D eigenvalue weighted by atomic mass is 10.2. The van der Waals surface area contributed by atoms with Crippen LogP contribution in [0.25, 0.3) is 0 Å². The second-order valence-electron chi connectivity index (χ2n) is 6.47. The molecule has 2 amide bonds. The van der Waals surface area contributed by atoms with E-state index in [1.165, 1.54) is 0 Å². The molecule has 0 saturated carbocycles. The molecule has 7 heteroatoms. The minimum atomic E-state index is -0.294. The summed E-state index contributed by atoms with van der Waals surface area (Å²) in [6.45, 7) is 4.11. The highest BCUT2D eigenvalue weighted by molar-refractivity contribution is 5.95. The van der Waals surface area contributed by atoms with Crippen molar-refractivity contribution < 1.29 is 23.8 Å². The highest BCUT2D eigenvalue weighted by Crippen LogP contribution is 2.25. The molecule has 2 aromatic rings. The number of anilines is 1. The van der Waals surface area contributed by atoms with Crippen LogP contribution in [0.5, 0.6) is 11.5 Å². The number of carbonyl (C=O) groups excluding carboxylic acids is 2. The van der Waals surface area contributed by atoms with E-state index in [1.807, 2.05) is 19.1 Å². The van der Waals surface area contributed by atoms with Gasteiger partial charge in [0.25, 0.3) is 11.8 Å². The van der Waals surface area contributed by atoms with Gasteiger partial charge in [-0.25, -0.2) is 0 Å². The number of amides is 2. The number of methoxy groups -OCH3 is 1. The lowest BCUT2D eigenvalue weighted by Crippen LogP contribution is -2.40. The Labute approximate surface area is 164 Å². The van der Waals surface area contributed by atoms with Crippen molar-refractivity contribution in [1.29, 1.82) is 0 Å². The summed E-state index contributed by atoms with van der Waals surface area (Å²) in [7, 11) is 1.55. The van der Waals surface area contributed by atoms with Gasteiger partial charge in [-0.2, -0.15) is 0 Å². The highest BCUT2D eigenvalue weighted by Gasteiger charge is 2.18. The van der Waals surface area contributed by atoms with E-state index in [2.05, 4.69) is 5.32 Å². The third kappa shape index (κ3) is 5.01. The Morgan fingerprint density at radius 3 is 2.50 bits per heavy atom. The maximum Gasteiger partial charge on any atom is 0.262 e. The van der Waals surface area contributed by atoms with Crippen molar-refractivity contribution in [1.82, 2.24) is 4.90 Å². The lowest BCUT2D eigenvalue weighted by Gasteiger charge is -2.26. The van der Waals surface area contributed by atoms with Gasteiger partial charge in [0, 0.05) is 18.7 Å². The van der Waals surface area contributed by atoms with Crippen LogP contribution in [0, 0.1) is 6.92 Å². The number of morpholine rings is 1. The van der Waals surface area contributed by atoms with Crippen molar-refractivity contribution in [2.24, 2.45) is 0 Å². The molecular weight excluding hydrogens is 360 g/mol. The van der Waals surface area contributed by atoms with E-state index in [-0.39, 0.29) is 18.4 Å². The van der Waals surface area contributed by atoms with Crippen LogP contribution in [0.1, 0.15) is 15.9 Å². The molecule has 1 fully saturated rings. The third-order valence-electron chi connectivity index (χ3n) is 4.40. The van der Waals surface area contributed by atoms with Gasteiger partial charge in [0.2, 0.25) is 0 Å². The Bertz CT molecular complexity index is 829. The molecule has 0 atom stereocenters. The molecule has 28 heavy (non-hydrogen) atoms. The summed E-state index contributed by atoms with van der Waals surface area (Å²) in [5, 5.41) is 2.78. The number of aryl methyl sites for hydroxylation is 1. The van der Waals surface area contributed by atoms with Crippen LogP contribution in [-0.2, 0) is 9.53 Å². The fraction of sp³-hybridized carbons (Fsp3) is 0.333. The zero-order valence-corrected chi connectivity index (χ0v) is 16.1. The standard InChI is InChI=1S/C21H24N2O5/c1-15-3-8-19(26-2)18(13-15)22-20(24)14-28-17-6-4-16(5-7-17)21(25)23-9-11-27-12-10-23/h3-8,13H,9-12,14H2,1-2H3,(H,22,24). The molecule has 148 valence electrons. The SMILES string of the molecule is COc1ccc(C)cc1NC(=O)COc1ccc(C(=O)N2CCOCC2)cc1. The van der Waals surface area contributed by atoms with E-state index in [0.717, 1.165) is 5.56 Å². The van der Waals surface area contributed by atoms with Crippen LogP contribution in [0.2, 0.25) is 0 Å². The molecule has 3 rings (SSSR count). The van der Waals surface area contributed by atoms with Crippen molar-refractivity contribution in [3.8, 4) is 11.5 Å². The molecule has 0 bridgehead atoms. The number of hydrogen-bond acceptors (Lipinski definition) is 5. The molecule has 1 aliphatic rings. The number of rotatable bonds is 6. The number of hydrogen-bond donors (Lipinski definition) is 1. The predicted molar refractivity (Wildman–Crippen MR) is 105 cm³/mol. The fourth-order valence-corrected chi connectivity index (χ4v) is 2.90. The normalized spacial score (nSPS) is 13.7. The monoisotopic (exact) mass is 384 g/mol. The van der Waals surface area contributed by atoms with Crippen LogP contribution >= 0.6 is 0 Å². The number of carbonyl (C=O) groups is 2. The van der Waals surface area contributed by atoms with E-state index in [1.54, 1.807) is 42.3 Å². The molecule has 1 N–H and O–H groups in total. The minimum absolute atomic E-state index is 0.0286. The molecule has 2 aromatic carbocycles. The van der Waals surface area contributed by atoms with E-state index >= 15 is 0 Å². The average Bonchev–Trinajstić information content (AvgIpc) is 2.73.